The number of allylic oxidation sites excluding steroid dienone is 1. The Morgan fingerprint density at radius 2 is 2.00 bits per heavy atom. The summed E-state index contributed by atoms with van der Waals surface area (Å²) in [7, 11) is 0. The van der Waals surface area contributed by atoms with Gasteiger partial charge in [0.15, 0.2) is 0 Å². The molecule has 0 saturated carbocycles. The molecule has 0 aromatic heterocycles. The fraction of sp³-hybridized carbons (Fsp3) is 0.571. The summed E-state index contributed by atoms with van der Waals surface area (Å²) in [5, 5.41) is 7.00. The summed E-state index contributed by atoms with van der Waals surface area (Å²) >= 11 is 0. The molecule has 0 atom stereocenters. The minimum Gasteiger partial charge on any atom is -0.384 e. The van der Waals surface area contributed by atoms with E-state index in [-0.39, 0.29) is 5.84 Å². The molecule has 0 fully saturated rings. The molecule has 0 radical (unpaired) electrons. The van der Waals surface area contributed by atoms with Crippen LogP contribution in [0.15, 0.2) is 11.6 Å². The van der Waals surface area contributed by atoms with Crippen molar-refractivity contribution in [2.75, 3.05) is 0 Å². The topological polar surface area (TPSA) is 49.9 Å². The van der Waals surface area contributed by atoms with Gasteiger partial charge in [0, 0.05) is 0 Å². The Morgan fingerprint density at radius 1 is 1.56 bits per heavy atom. The molecule has 0 unspecified atom stereocenters. The summed E-state index contributed by atoms with van der Waals surface area (Å²) in [6.45, 7) is 5.97. The van der Waals surface area contributed by atoms with Gasteiger partial charge in [-0.3, -0.25) is 5.41 Å². The maximum atomic E-state index is 7.00. The number of hydrogen-bond acceptors (Lipinski definition) is 1. The molecule has 52 valence electrons. The highest BCUT2D eigenvalue weighted by Crippen LogP contribution is 1.99. The molecule has 0 bridgehead atoms. The molecule has 0 aliphatic heterocycles. The molecular formula is C7H14N2. The second-order valence-corrected chi connectivity index (χ2v) is 2.51. The summed E-state index contributed by atoms with van der Waals surface area (Å²) in [5.41, 5.74) is 6.06. The van der Waals surface area contributed by atoms with Crippen LogP contribution in [0, 0.1) is 11.3 Å². The van der Waals surface area contributed by atoms with Crippen molar-refractivity contribution in [2.45, 2.75) is 20.8 Å². The maximum Gasteiger partial charge on any atom is 0.118 e. The summed E-state index contributed by atoms with van der Waals surface area (Å²) in [4.78, 5) is 0. The Hall–Kier alpha value is -0.790. The molecule has 2 heteroatoms. The molecule has 0 saturated heterocycles. The summed E-state index contributed by atoms with van der Waals surface area (Å²) in [5.74, 6) is 0.651. The zero-order chi connectivity index (χ0) is 7.44. The maximum absolute atomic E-state index is 7.00. The predicted molar refractivity (Wildman–Crippen MR) is 40.5 cm³/mol. The Labute approximate surface area is 56.3 Å². The smallest absolute Gasteiger partial charge is 0.118 e. The number of rotatable bonds is 2. The quantitative estimate of drug-likeness (QED) is 0.428. The van der Waals surface area contributed by atoms with Crippen LogP contribution in [0.3, 0.4) is 0 Å². The average molecular weight is 126 g/mol. The van der Waals surface area contributed by atoms with Crippen molar-refractivity contribution in [1.29, 1.82) is 5.41 Å². The third-order valence-corrected chi connectivity index (χ3v) is 1.01. The molecule has 0 heterocycles. The first kappa shape index (κ1) is 8.21. The average Bonchev–Trinajstić information content (AvgIpc) is 1.63. The van der Waals surface area contributed by atoms with Crippen LogP contribution in [-0.4, -0.2) is 5.84 Å². The minimum atomic E-state index is 0.170. The van der Waals surface area contributed by atoms with Crippen molar-refractivity contribution < 1.29 is 0 Å². The highest BCUT2D eigenvalue weighted by Gasteiger charge is 1.92. The van der Waals surface area contributed by atoms with Crippen LogP contribution >= 0.6 is 0 Å². The van der Waals surface area contributed by atoms with Gasteiger partial charge in [0.1, 0.15) is 5.84 Å². The molecular weight excluding hydrogens is 112 g/mol. The van der Waals surface area contributed by atoms with Crippen LogP contribution in [0.2, 0.25) is 0 Å². The molecule has 0 aromatic carbocycles. The lowest BCUT2D eigenvalue weighted by molar-refractivity contribution is 0.826. The van der Waals surface area contributed by atoms with Gasteiger partial charge in [-0.25, -0.2) is 0 Å². The first-order valence-corrected chi connectivity index (χ1v) is 3.07. The van der Waals surface area contributed by atoms with E-state index in [0.29, 0.717) is 5.92 Å². The summed E-state index contributed by atoms with van der Waals surface area (Å²) in [6, 6.07) is 0. The largest absolute Gasteiger partial charge is 0.384 e. The monoisotopic (exact) mass is 126 g/mol. The van der Waals surface area contributed by atoms with E-state index < -0.39 is 0 Å². The molecule has 9 heavy (non-hydrogen) atoms. The van der Waals surface area contributed by atoms with Gasteiger partial charge in [-0.05, 0) is 18.4 Å². The van der Waals surface area contributed by atoms with Gasteiger partial charge in [0.2, 0.25) is 0 Å². The van der Waals surface area contributed by atoms with Crippen molar-refractivity contribution in [2.24, 2.45) is 11.7 Å². The molecule has 0 aliphatic rings. The first-order chi connectivity index (χ1) is 4.04. The second kappa shape index (κ2) is 3.28. The number of nitrogens with one attached hydrogen (secondary N) is 1. The molecule has 0 aliphatic carbocycles. The van der Waals surface area contributed by atoms with Crippen molar-refractivity contribution in [1.82, 2.24) is 0 Å². The van der Waals surface area contributed by atoms with Crippen LogP contribution in [0.25, 0.3) is 0 Å². The Bertz CT molecular complexity index is 134. The Morgan fingerprint density at radius 3 is 2.11 bits per heavy atom. The lowest BCUT2D eigenvalue weighted by atomic mass is 10.1. The number of hydrogen-bond donors (Lipinski definition) is 2. The van der Waals surface area contributed by atoms with Crippen molar-refractivity contribution in [3.05, 3.63) is 11.6 Å². The van der Waals surface area contributed by atoms with Gasteiger partial charge in [0.05, 0.1) is 0 Å². The number of amidine groups is 1. The van der Waals surface area contributed by atoms with Crippen LogP contribution in [0.1, 0.15) is 20.8 Å². The predicted octanol–water partition coefficient (Wildman–Crippen LogP) is 1.52. The molecule has 0 spiro atoms. The Balaban J connectivity index is 4.00. The van der Waals surface area contributed by atoms with E-state index in [4.69, 9.17) is 11.1 Å². The van der Waals surface area contributed by atoms with E-state index in [1.807, 2.05) is 13.0 Å². The zero-order valence-corrected chi connectivity index (χ0v) is 6.23. The van der Waals surface area contributed by atoms with E-state index >= 15 is 0 Å². The zero-order valence-electron chi connectivity index (χ0n) is 6.23. The first-order valence-electron chi connectivity index (χ1n) is 3.07. The van der Waals surface area contributed by atoms with Crippen molar-refractivity contribution in [3.8, 4) is 0 Å². The SMILES string of the molecule is CC(=CC(C)C)C(=N)N. The number of nitrogens with two attached hydrogens (primary N) is 1. The fourth-order valence-electron chi connectivity index (χ4n) is 0.590. The van der Waals surface area contributed by atoms with E-state index in [1.54, 1.807) is 0 Å². The van der Waals surface area contributed by atoms with Gasteiger partial charge >= 0.3 is 0 Å². The van der Waals surface area contributed by atoms with Gasteiger partial charge in [-0.1, -0.05) is 19.9 Å². The molecule has 0 amide bonds. The third-order valence-electron chi connectivity index (χ3n) is 1.01. The van der Waals surface area contributed by atoms with E-state index in [9.17, 15) is 0 Å². The van der Waals surface area contributed by atoms with Crippen molar-refractivity contribution in [3.63, 3.8) is 0 Å². The lowest BCUT2D eigenvalue weighted by Crippen LogP contribution is -2.11. The van der Waals surface area contributed by atoms with E-state index in [2.05, 4.69) is 13.8 Å². The highest BCUT2D eigenvalue weighted by atomic mass is 14.7. The third kappa shape index (κ3) is 3.76. The molecule has 3 N–H and O–H groups in total. The van der Waals surface area contributed by atoms with Crippen molar-refractivity contribution >= 4 is 5.84 Å². The van der Waals surface area contributed by atoms with Gasteiger partial charge in [-0.15, -0.1) is 0 Å². The Kier molecular flexibility index (Phi) is 2.99. The molecule has 2 nitrogen and oxygen atoms in total. The van der Waals surface area contributed by atoms with E-state index in [0.717, 1.165) is 5.57 Å². The van der Waals surface area contributed by atoms with Crippen LogP contribution in [0.4, 0.5) is 0 Å². The second-order valence-electron chi connectivity index (χ2n) is 2.51. The van der Waals surface area contributed by atoms with Gasteiger partial charge < -0.3 is 5.73 Å². The standard InChI is InChI=1S/C7H14N2/c1-5(2)4-6(3)7(8)9/h4-5H,1-3H3,(H3,8,9). The van der Waals surface area contributed by atoms with Gasteiger partial charge in [-0.2, -0.15) is 0 Å². The summed E-state index contributed by atoms with van der Waals surface area (Å²) < 4.78 is 0. The molecule has 0 rings (SSSR count). The minimum absolute atomic E-state index is 0.170. The van der Waals surface area contributed by atoms with Crippen LogP contribution in [0.5, 0.6) is 0 Å². The summed E-state index contributed by atoms with van der Waals surface area (Å²) in [6.07, 6.45) is 1.97. The van der Waals surface area contributed by atoms with Crippen LogP contribution in [-0.2, 0) is 0 Å². The molecule has 0 aromatic rings. The fourth-order valence-corrected chi connectivity index (χ4v) is 0.590. The lowest BCUT2D eigenvalue weighted by Gasteiger charge is -1.98. The highest BCUT2D eigenvalue weighted by molar-refractivity contribution is 5.93. The normalized spacial score (nSPS) is 12.2. The van der Waals surface area contributed by atoms with Gasteiger partial charge in [0.25, 0.3) is 0 Å². The van der Waals surface area contributed by atoms with Crippen LogP contribution < -0.4 is 5.73 Å². The van der Waals surface area contributed by atoms with E-state index in [1.165, 1.54) is 0 Å².